The van der Waals surface area contributed by atoms with Crippen LogP contribution < -0.4 is 5.32 Å². The van der Waals surface area contributed by atoms with Gasteiger partial charge in [-0.05, 0) is 32.4 Å². The standard InChI is InChI=1S/C21H23Cl2NO6/c1-10(2)30-21(27)18-15(9-29-12(4)25)24-11(3)16(20(26)28-5)17(18)13-7-6-8-14(22)19(13)23/h6-8,10,17,24H,9H2,1-5H3/t17-/m0/s1. The lowest BCUT2D eigenvalue weighted by molar-refractivity contribution is -0.144. The Morgan fingerprint density at radius 3 is 2.37 bits per heavy atom. The molecular weight excluding hydrogens is 433 g/mol. The number of halogens is 2. The van der Waals surface area contributed by atoms with E-state index in [9.17, 15) is 14.4 Å². The van der Waals surface area contributed by atoms with E-state index in [1.54, 1.807) is 39.0 Å². The highest BCUT2D eigenvalue weighted by molar-refractivity contribution is 6.42. The van der Waals surface area contributed by atoms with Crippen LogP contribution in [0.2, 0.25) is 10.0 Å². The summed E-state index contributed by atoms with van der Waals surface area (Å²) in [4.78, 5) is 37.1. The number of carbonyl (C=O) groups is 3. The maximum absolute atomic E-state index is 13.1. The Labute approximate surface area is 185 Å². The summed E-state index contributed by atoms with van der Waals surface area (Å²) >= 11 is 12.7. The van der Waals surface area contributed by atoms with Gasteiger partial charge in [0.25, 0.3) is 0 Å². The van der Waals surface area contributed by atoms with Crippen LogP contribution in [0.5, 0.6) is 0 Å². The number of ether oxygens (including phenoxy) is 3. The molecule has 1 aliphatic heterocycles. The van der Waals surface area contributed by atoms with Gasteiger partial charge in [-0.2, -0.15) is 0 Å². The molecule has 0 amide bonds. The van der Waals surface area contributed by atoms with Crippen molar-refractivity contribution in [3.8, 4) is 0 Å². The van der Waals surface area contributed by atoms with Gasteiger partial charge in [-0.15, -0.1) is 0 Å². The summed E-state index contributed by atoms with van der Waals surface area (Å²) in [6.07, 6.45) is -0.427. The number of hydrogen-bond donors (Lipinski definition) is 1. The Morgan fingerprint density at radius 2 is 1.80 bits per heavy atom. The minimum absolute atomic E-state index is 0.0834. The molecule has 0 fully saturated rings. The van der Waals surface area contributed by atoms with Crippen molar-refractivity contribution < 1.29 is 28.6 Å². The van der Waals surface area contributed by atoms with Crippen LogP contribution in [0.4, 0.5) is 0 Å². The molecule has 1 N–H and O–H groups in total. The average molecular weight is 456 g/mol. The summed E-state index contributed by atoms with van der Waals surface area (Å²) in [7, 11) is 1.24. The van der Waals surface area contributed by atoms with Crippen molar-refractivity contribution in [3.63, 3.8) is 0 Å². The quantitative estimate of drug-likeness (QED) is 0.513. The number of benzene rings is 1. The molecule has 0 aliphatic carbocycles. The van der Waals surface area contributed by atoms with Gasteiger partial charge >= 0.3 is 17.9 Å². The second-order valence-corrected chi connectivity index (χ2v) is 7.64. The van der Waals surface area contributed by atoms with Gasteiger partial charge in [0.1, 0.15) is 6.61 Å². The maximum atomic E-state index is 13.1. The molecule has 162 valence electrons. The molecule has 0 saturated carbocycles. The largest absolute Gasteiger partial charge is 0.466 e. The first-order valence-electron chi connectivity index (χ1n) is 9.15. The van der Waals surface area contributed by atoms with E-state index in [1.165, 1.54) is 14.0 Å². The van der Waals surface area contributed by atoms with Gasteiger partial charge in [0, 0.05) is 12.6 Å². The van der Waals surface area contributed by atoms with E-state index < -0.39 is 29.9 Å². The maximum Gasteiger partial charge on any atom is 0.337 e. The molecule has 0 aromatic heterocycles. The minimum Gasteiger partial charge on any atom is -0.466 e. The molecule has 0 bridgehead atoms. The van der Waals surface area contributed by atoms with E-state index in [0.717, 1.165) is 0 Å². The van der Waals surface area contributed by atoms with Crippen LogP contribution in [0.15, 0.2) is 40.7 Å². The fourth-order valence-corrected chi connectivity index (χ4v) is 3.55. The lowest BCUT2D eigenvalue weighted by atomic mass is 9.80. The molecule has 1 heterocycles. The normalized spacial score (nSPS) is 16.3. The van der Waals surface area contributed by atoms with Crippen LogP contribution in [0.3, 0.4) is 0 Å². The SMILES string of the molecule is COC(=O)C1=C(C)NC(COC(C)=O)=C(C(=O)OC(C)C)[C@H]1c1cccc(Cl)c1Cl. The van der Waals surface area contributed by atoms with Crippen molar-refractivity contribution in [1.82, 2.24) is 5.32 Å². The Morgan fingerprint density at radius 1 is 1.13 bits per heavy atom. The number of dihydropyridines is 1. The smallest absolute Gasteiger partial charge is 0.337 e. The first kappa shape index (κ1) is 23.8. The van der Waals surface area contributed by atoms with E-state index in [4.69, 9.17) is 37.4 Å². The second kappa shape index (κ2) is 10.00. The molecule has 1 atom stereocenters. The van der Waals surface area contributed by atoms with Gasteiger partial charge < -0.3 is 19.5 Å². The Hall–Kier alpha value is -2.51. The predicted octanol–water partition coefficient (Wildman–Crippen LogP) is 3.90. The van der Waals surface area contributed by atoms with Crippen LogP contribution in [-0.4, -0.2) is 37.7 Å². The molecule has 0 radical (unpaired) electrons. The van der Waals surface area contributed by atoms with Gasteiger partial charge in [-0.3, -0.25) is 4.79 Å². The second-order valence-electron chi connectivity index (χ2n) is 6.86. The molecule has 0 unspecified atom stereocenters. The number of nitrogens with one attached hydrogen (secondary N) is 1. The van der Waals surface area contributed by atoms with E-state index in [1.807, 2.05) is 0 Å². The fourth-order valence-electron chi connectivity index (χ4n) is 3.14. The molecule has 1 aromatic rings. The Bertz CT molecular complexity index is 935. The summed E-state index contributed by atoms with van der Waals surface area (Å²) in [6.45, 7) is 6.08. The first-order valence-corrected chi connectivity index (χ1v) is 9.91. The first-order chi connectivity index (χ1) is 14.1. The monoisotopic (exact) mass is 455 g/mol. The van der Waals surface area contributed by atoms with Crippen LogP contribution in [-0.2, 0) is 28.6 Å². The van der Waals surface area contributed by atoms with Crippen molar-refractivity contribution >= 4 is 41.1 Å². The highest BCUT2D eigenvalue weighted by Crippen LogP contribution is 2.43. The van der Waals surface area contributed by atoms with Crippen molar-refractivity contribution in [1.29, 1.82) is 0 Å². The summed E-state index contributed by atoms with van der Waals surface area (Å²) < 4.78 is 15.5. The molecule has 0 spiro atoms. The third-order valence-electron chi connectivity index (χ3n) is 4.33. The lowest BCUT2D eigenvalue weighted by Gasteiger charge is -2.32. The van der Waals surface area contributed by atoms with E-state index in [2.05, 4.69) is 5.32 Å². The molecule has 1 aliphatic rings. The number of methoxy groups -OCH3 is 1. The van der Waals surface area contributed by atoms with Crippen LogP contribution in [0, 0.1) is 0 Å². The third kappa shape index (κ3) is 5.15. The molecule has 0 saturated heterocycles. The van der Waals surface area contributed by atoms with Crippen molar-refractivity contribution in [2.24, 2.45) is 0 Å². The molecule has 9 heteroatoms. The lowest BCUT2D eigenvalue weighted by Crippen LogP contribution is -2.35. The molecule has 1 aromatic carbocycles. The number of rotatable bonds is 6. The number of allylic oxidation sites excluding steroid dienone is 1. The van der Waals surface area contributed by atoms with E-state index >= 15 is 0 Å². The summed E-state index contributed by atoms with van der Waals surface area (Å²) in [5, 5.41) is 3.42. The molecular formula is C21H23Cl2NO6. The van der Waals surface area contributed by atoms with Gasteiger partial charge in [0.05, 0.1) is 46.0 Å². The van der Waals surface area contributed by atoms with Crippen molar-refractivity contribution in [2.45, 2.75) is 39.7 Å². The van der Waals surface area contributed by atoms with E-state index in [-0.39, 0.29) is 33.5 Å². The Balaban J connectivity index is 2.78. The summed E-state index contributed by atoms with van der Waals surface area (Å²) in [5.74, 6) is -2.81. The molecule has 2 rings (SSSR count). The number of esters is 3. The zero-order valence-corrected chi connectivity index (χ0v) is 18.8. The fraction of sp³-hybridized carbons (Fsp3) is 0.381. The topological polar surface area (TPSA) is 90.9 Å². The van der Waals surface area contributed by atoms with Crippen LogP contribution >= 0.6 is 23.2 Å². The highest BCUT2D eigenvalue weighted by atomic mass is 35.5. The average Bonchev–Trinajstić information content (AvgIpc) is 2.66. The van der Waals surface area contributed by atoms with Crippen molar-refractivity contribution in [3.05, 3.63) is 56.3 Å². The number of hydrogen-bond acceptors (Lipinski definition) is 7. The highest BCUT2D eigenvalue weighted by Gasteiger charge is 2.40. The predicted molar refractivity (Wildman–Crippen MR) is 112 cm³/mol. The molecule has 30 heavy (non-hydrogen) atoms. The molecule has 7 nitrogen and oxygen atoms in total. The van der Waals surface area contributed by atoms with Crippen LogP contribution in [0.25, 0.3) is 0 Å². The van der Waals surface area contributed by atoms with Gasteiger partial charge in [0.15, 0.2) is 0 Å². The zero-order valence-electron chi connectivity index (χ0n) is 17.3. The van der Waals surface area contributed by atoms with Crippen LogP contribution in [0.1, 0.15) is 39.2 Å². The summed E-state index contributed by atoms with van der Waals surface area (Å²) in [5.41, 5.74) is 1.37. The zero-order chi connectivity index (χ0) is 22.6. The van der Waals surface area contributed by atoms with E-state index in [0.29, 0.717) is 11.3 Å². The minimum atomic E-state index is -0.943. The Kier molecular flexibility index (Phi) is 7.92. The van der Waals surface area contributed by atoms with Gasteiger partial charge in [0.2, 0.25) is 0 Å². The van der Waals surface area contributed by atoms with Gasteiger partial charge in [-0.1, -0.05) is 35.3 Å². The van der Waals surface area contributed by atoms with Gasteiger partial charge in [-0.25, -0.2) is 9.59 Å². The third-order valence-corrected chi connectivity index (χ3v) is 5.16. The van der Waals surface area contributed by atoms with Crippen molar-refractivity contribution in [2.75, 3.05) is 13.7 Å². The summed E-state index contributed by atoms with van der Waals surface area (Å²) in [6, 6.07) is 4.91. The number of carbonyl (C=O) groups excluding carboxylic acids is 3.